The largest absolute Gasteiger partial charge is 0.508 e. The number of hydrogen-bond acceptors (Lipinski definition) is 4. The van der Waals surface area contributed by atoms with Crippen LogP contribution in [0, 0.1) is 0 Å². The van der Waals surface area contributed by atoms with Crippen molar-refractivity contribution in [2.24, 2.45) is 0 Å². The van der Waals surface area contributed by atoms with Gasteiger partial charge < -0.3 is 15.2 Å². The number of phenolic OH excluding ortho intramolecular Hbond substituents is 1. The van der Waals surface area contributed by atoms with Gasteiger partial charge in [-0.25, -0.2) is 0 Å². The first-order valence-corrected chi connectivity index (χ1v) is 7.40. The maximum absolute atomic E-state index is 11.9. The van der Waals surface area contributed by atoms with E-state index in [4.69, 9.17) is 4.74 Å². The molecule has 0 aromatic heterocycles. The van der Waals surface area contributed by atoms with E-state index in [1.165, 1.54) is 0 Å². The highest BCUT2D eigenvalue weighted by Gasteiger charge is 2.26. The van der Waals surface area contributed by atoms with Crippen LogP contribution >= 0.6 is 0 Å². The van der Waals surface area contributed by atoms with Gasteiger partial charge in [-0.05, 0) is 43.5 Å². The van der Waals surface area contributed by atoms with Crippen molar-refractivity contribution in [1.29, 1.82) is 0 Å². The van der Waals surface area contributed by atoms with Gasteiger partial charge in [0, 0.05) is 19.7 Å². The number of likely N-dealkylation sites (N-methyl/N-ethyl adjacent to an activating group) is 1. The molecule has 2 N–H and O–H groups in total. The van der Waals surface area contributed by atoms with Crippen LogP contribution in [0.5, 0.6) is 5.75 Å². The van der Waals surface area contributed by atoms with Crippen LogP contribution in [0.2, 0.25) is 0 Å². The van der Waals surface area contributed by atoms with Gasteiger partial charge in [-0.3, -0.25) is 9.69 Å². The number of amides is 1. The minimum absolute atomic E-state index is 0.00169. The van der Waals surface area contributed by atoms with Gasteiger partial charge >= 0.3 is 0 Å². The number of rotatable bonds is 6. The van der Waals surface area contributed by atoms with Crippen LogP contribution < -0.4 is 5.32 Å². The van der Waals surface area contributed by atoms with Crippen LogP contribution in [0.4, 0.5) is 0 Å². The molecule has 0 bridgehead atoms. The molecule has 0 aliphatic heterocycles. The molecule has 1 amide bonds. The van der Waals surface area contributed by atoms with Crippen LogP contribution in [0.3, 0.4) is 0 Å². The van der Waals surface area contributed by atoms with Crippen molar-refractivity contribution < 1.29 is 14.6 Å². The van der Waals surface area contributed by atoms with E-state index in [2.05, 4.69) is 16.3 Å². The van der Waals surface area contributed by atoms with E-state index in [-0.39, 0.29) is 11.9 Å². The first-order chi connectivity index (χ1) is 10.1. The first-order valence-electron chi connectivity index (χ1n) is 7.40. The summed E-state index contributed by atoms with van der Waals surface area (Å²) in [5.74, 6) is 0.372. The topological polar surface area (TPSA) is 61.8 Å². The Labute approximate surface area is 125 Å². The highest BCUT2D eigenvalue weighted by atomic mass is 16.5. The van der Waals surface area contributed by atoms with E-state index in [0.717, 1.165) is 30.4 Å². The summed E-state index contributed by atoms with van der Waals surface area (Å²) >= 11 is 0. The quantitative estimate of drug-likeness (QED) is 0.779. The molecule has 1 aromatic rings. The third-order valence-electron chi connectivity index (χ3n) is 4.00. The number of aromatic hydroxyl groups is 1. The van der Waals surface area contributed by atoms with E-state index in [1.807, 2.05) is 13.1 Å². The lowest BCUT2D eigenvalue weighted by Crippen LogP contribution is -2.39. The normalized spacial score (nSPS) is 17.6. The summed E-state index contributed by atoms with van der Waals surface area (Å²) in [5.41, 5.74) is 2.17. The minimum Gasteiger partial charge on any atom is -0.508 e. The molecule has 0 saturated carbocycles. The van der Waals surface area contributed by atoms with E-state index in [9.17, 15) is 9.90 Å². The molecule has 1 aliphatic rings. The Morgan fingerprint density at radius 2 is 2.33 bits per heavy atom. The van der Waals surface area contributed by atoms with Crippen molar-refractivity contribution >= 4 is 5.91 Å². The van der Waals surface area contributed by atoms with Crippen LogP contribution in [0.1, 0.15) is 30.0 Å². The van der Waals surface area contributed by atoms with Gasteiger partial charge in [0.25, 0.3) is 0 Å². The Kier molecular flexibility index (Phi) is 5.59. The molecule has 0 heterocycles. The Bertz CT molecular complexity index is 490. The molecule has 5 heteroatoms. The number of phenols is 1. The molecule has 5 nitrogen and oxygen atoms in total. The summed E-state index contributed by atoms with van der Waals surface area (Å²) in [4.78, 5) is 13.9. The van der Waals surface area contributed by atoms with Crippen molar-refractivity contribution in [3.8, 4) is 5.75 Å². The number of carbonyl (C=O) groups is 1. The third kappa shape index (κ3) is 3.95. The number of hydrogen-bond donors (Lipinski definition) is 2. The first kappa shape index (κ1) is 15.8. The molecule has 1 atom stereocenters. The van der Waals surface area contributed by atoms with Gasteiger partial charge in [0.05, 0.1) is 13.2 Å². The second-order valence-electron chi connectivity index (χ2n) is 5.51. The maximum Gasteiger partial charge on any atom is 0.234 e. The smallest absolute Gasteiger partial charge is 0.234 e. The molecular formula is C16H24N2O3. The summed E-state index contributed by atoms with van der Waals surface area (Å²) < 4.78 is 4.92. The average Bonchev–Trinajstić information content (AvgIpc) is 2.47. The second kappa shape index (κ2) is 7.43. The average molecular weight is 292 g/mol. The Morgan fingerprint density at radius 3 is 3.10 bits per heavy atom. The Hall–Kier alpha value is -1.59. The summed E-state index contributed by atoms with van der Waals surface area (Å²) in [5, 5.41) is 12.8. The maximum atomic E-state index is 11.9. The van der Waals surface area contributed by atoms with Crippen LogP contribution in [-0.2, 0) is 16.0 Å². The lowest BCUT2D eigenvalue weighted by Gasteiger charge is -2.33. The zero-order valence-electron chi connectivity index (χ0n) is 12.8. The standard InChI is InChI=1S/C16H24N2O3/c1-18(11-16(20)17-9-10-21-2)14-7-3-6-13-12(14)5-4-8-15(13)19/h4-5,8,14,19H,3,6-7,9-11H2,1-2H3,(H,17,20). The second-order valence-corrected chi connectivity index (χ2v) is 5.51. The lowest BCUT2D eigenvalue weighted by atomic mass is 9.86. The summed E-state index contributed by atoms with van der Waals surface area (Å²) in [6, 6.07) is 5.85. The molecule has 0 fully saturated rings. The number of carbonyl (C=O) groups excluding carboxylic acids is 1. The Balaban J connectivity index is 1.99. The number of nitrogens with zero attached hydrogens (tertiary/aromatic N) is 1. The lowest BCUT2D eigenvalue weighted by molar-refractivity contribution is -0.122. The third-order valence-corrected chi connectivity index (χ3v) is 4.00. The van der Waals surface area contributed by atoms with Gasteiger partial charge in [0.1, 0.15) is 5.75 Å². The number of nitrogens with one attached hydrogen (secondary N) is 1. The van der Waals surface area contributed by atoms with E-state index >= 15 is 0 Å². The SMILES string of the molecule is COCCNC(=O)CN(C)C1CCCc2c(O)cccc21. The fourth-order valence-electron chi connectivity index (χ4n) is 2.95. The molecule has 1 aliphatic carbocycles. The summed E-state index contributed by atoms with van der Waals surface area (Å²) in [6.07, 6.45) is 2.95. The van der Waals surface area contributed by atoms with Crippen LogP contribution in [0.25, 0.3) is 0 Å². The van der Waals surface area contributed by atoms with Gasteiger partial charge in [0.2, 0.25) is 5.91 Å². The van der Waals surface area contributed by atoms with Crippen molar-refractivity contribution in [1.82, 2.24) is 10.2 Å². The molecule has 2 rings (SSSR count). The molecule has 1 aromatic carbocycles. The molecule has 21 heavy (non-hydrogen) atoms. The number of methoxy groups -OCH3 is 1. The van der Waals surface area contributed by atoms with E-state index in [1.54, 1.807) is 13.2 Å². The van der Waals surface area contributed by atoms with Crippen molar-refractivity contribution in [2.45, 2.75) is 25.3 Å². The molecule has 0 spiro atoms. The Morgan fingerprint density at radius 1 is 1.52 bits per heavy atom. The summed E-state index contributed by atoms with van der Waals surface area (Å²) in [7, 11) is 3.57. The summed E-state index contributed by atoms with van der Waals surface area (Å²) in [6.45, 7) is 1.41. The number of benzene rings is 1. The fraction of sp³-hybridized carbons (Fsp3) is 0.562. The molecule has 0 saturated heterocycles. The zero-order valence-corrected chi connectivity index (χ0v) is 12.8. The molecule has 1 unspecified atom stereocenters. The predicted molar refractivity (Wildman–Crippen MR) is 81.3 cm³/mol. The van der Waals surface area contributed by atoms with Crippen molar-refractivity contribution in [3.05, 3.63) is 29.3 Å². The fourth-order valence-corrected chi connectivity index (χ4v) is 2.95. The van der Waals surface area contributed by atoms with E-state index in [0.29, 0.717) is 25.4 Å². The van der Waals surface area contributed by atoms with Gasteiger partial charge in [-0.15, -0.1) is 0 Å². The minimum atomic E-state index is 0.00169. The molecule has 0 radical (unpaired) electrons. The van der Waals surface area contributed by atoms with Crippen molar-refractivity contribution in [2.75, 3.05) is 33.9 Å². The van der Waals surface area contributed by atoms with Gasteiger partial charge in [-0.2, -0.15) is 0 Å². The van der Waals surface area contributed by atoms with Crippen LogP contribution in [-0.4, -0.2) is 49.8 Å². The highest BCUT2D eigenvalue weighted by Crippen LogP contribution is 2.37. The van der Waals surface area contributed by atoms with Crippen LogP contribution in [0.15, 0.2) is 18.2 Å². The van der Waals surface area contributed by atoms with E-state index < -0.39 is 0 Å². The number of fused-ring (bicyclic) bond motifs is 1. The predicted octanol–water partition coefficient (Wildman–Crippen LogP) is 1.46. The molecular weight excluding hydrogens is 268 g/mol. The van der Waals surface area contributed by atoms with Crippen molar-refractivity contribution in [3.63, 3.8) is 0 Å². The van der Waals surface area contributed by atoms with Gasteiger partial charge in [-0.1, -0.05) is 12.1 Å². The molecule has 116 valence electrons. The number of ether oxygens (including phenoxy) is 1. The zero-order chi connectivity index (χ0) is 15.2. The van der Waals surface area contributed by atoms with Gasteiger partial charge in [0.15, 0.2) is 0 Å². The highest BCUT2D eigenvalue weighted by molar-refractivity contribution is 5.78. The monoisotopic (exact) mass is 292 g/mol.